The molecule has 1 heterocycles. The molecular formula is C17H13ClN2O2. The third-order valence-electron chi connectivity index (χ3n) is 3.23. The molecule has 0 atom stereocenters. The fraction of sp³-hybridized carbons (Fsp3) is 0.0588. The van der Waals surface area contributed by atoms with E-state index in [2.05, 4.69) is 10.5 Å². The van der Waals surface area contributed by atoms with E-state index in [1.54, 1.807) is 31.2 Å². The number of carbonyl (C=O) groups is 1. The molecule has 3 aromatic rings. The van der Waals surface area contributed by atoms with Gasteiger partial charge < -0.3 is 4.42 Å². The molecule has 2 aromatic carbocycles. The first-order valence-electron chi connectivity index (χ1n) is 6.73. The van der Waals surface area contributed by atoms with Crippen LogP contribution in [-0.4, -0.2) is 11.6 Å². The normalized spacial score (nSPS) is 11.6. The summed E-state index contributed by atoms with van der Waals surface area (Å²) >= 11 is 5.98. The fourth-order valence-corrected chi connectivity index (χ4v) is 2.28. The van der Waals surface area contributed by atoms with E-state index in [0.29, 0.717) is 22.1 Å². The molecule has 1 N–H and O–H groups in total. The molecule has 0 radical (unpaired) electrons. The van der Waals surface area contributed by atoms with Crippen LogP contribution in [0.3, 0.4) is 0 Å². The van der Waals surface area contributed by atoms with E-state index in [1.807, 2.05) is 30.3 Å². The molecule has 0 saturated heterocycles. The number of hydrazone groups is 1. The molecule has 0 spiro atoms. The molecule has 0 saturated carbocycles. The number of nitrogens with one attached hydrogen (secondary N) is 1. The SMILES string of the molecule is CC(=NNC(=O)c1ccccc1Cl)c1cc2ccccc2o1. The highest BCUT2D eigenvalue weighted by Gasteiger charge is 2.10. The lowest BCUT2D eigenvalue weighted by Gasteiger charge is -2.02. The highest BCUT2D eigenvalue weighted by molar-refractivity contribution is 6.33. The average molecular weight is 313 g/mol. The van der Waals surface area contributed by atoms with Gasteiger partial charge in [-0.3, -0.25) is 4.79 Å². The zero-order valence-electron chi connectivity index (χ0n) is 11.8. The summed E-state index contributed by atoms with van der Waals surface area (Å²) < 4.78 is 5.68. The number of rotatable bonds is 3. The summed E-state index contributed by atoms with van der Waals surface area (Å²) in [4.78, 5) is 12.0. The number of para-hydroxylation sites is 1. The van der Waals surface area contributed by atoms with Crippen molar-refractivity contribution < 1.29 is 9.21 Å². The summed E-state index contributed by atoms with van der Waals surface area (Å²) in [6.45, 7) is 1.77. The standard InChI is InChI=1S/C17H13ClN2O2/c1-11(16-10-12-6-2-5-9-15(12)22-16)19-20-17(21)13-7-3-4-8-14(13)18/h2-10H,1H3,(H,20,21). The zero-order valence-corrected chi connectivity index (χ0v) is 12.6. The van der Waals surface area contributed by atoms with Crippen LogP contribution < -0.4 is 5.43 Å². The zero-order chi connectivity index (χ0) is 15.5. The van der Waals surface area contributed by atoms with Crippen molar-refractivity contribution in [2.24, 2.45) is 5.10 Å². The van der Waals surface area contributed by atoms with Gasteiger partial charge in [0.05, 0.1) is 10.6 Å². The first-order chi connectivity index (χ1) is 10.6. The molecular weight excluding hydrogens is 300 g/mol. The van der Waals surface area contributed by atoms with Crippen LogP contribution in [0.25, 0.3) is 11.0 Å². The molecule has 0 aliphatic heterocycles. The van der Waals surface area contributed by atoms with Crippen LogP contribution in [0, 0.1) is 0 Å². The molecule has 3 rings (SSSR count). The number of nitrogens with zero attached hydrogens (tertiary/aromatic N) is 1. The highest BCUT2D eigenvalue weighted by Crippen LogP contribution is 2.19. The number of fused-ring (bicyclic) bond motifs is 1. The molecule has 1 aromatic heterocycles. The van der Waals surface area contributed by atoms with Crippen LogP contribution in [0.2, 0.25) is 5.02 Å². The Bertz CT molecular complexity index is 835. The van der Waals surface area contributed by atoms with E-state index in [9.17, 15) is 4.79 Å². The Labute approximate surface area is 132 Å². The van der Waals surface area contributed by atoms with E-state index in [1.165, 1.54) is 0 Å². The summed E-state index contributed by atoms with van der Waals surface area (Å²) in [5.74, 6) is 0.252. The lowest BCUT2D eigenvalue weighted by molar-refractivity contribution is 0.0955. The van der Waals surface area contributed by atoms with Crippen molar-refractivity contribution in [2.75, 3.05) is 0 Å². The minimum absolute atomic E-state index is 0.360. The Hall–Kier alpha value is -2.59. The summed E-state index contributed by atoms with van der Waals surface area (Å²) in [7, 11) is 0. The van der Waals surface area contributed by atoms with Gasteiger partial charge in [-0.2, -0.15) is 5.10 Å². The predicted molar refractivity (Wildman–Crippen MR) is 87.3 cm³/mol. The van der Waals surface area contributed by atoms with E-state index >= 15 is 0 Å². The largest absolute Gasteiger partial charge is 0.455 e. The smallest absolute Gasteiger partial charge is 0.272 e. The van der Waals surface area contributed by atoms with Crippen molar-refractivity contribution in [1.82, 2.24) is 5.43 Å². The molecule has 0 aliphatic rings. The second-order valence-electron chi connectivity index (χ2n) is 4.77. The Kier molecular flexibility index (Phi) is 3.94. The van der Waals surface area contributed by atoms with Crippen LogP contribution in [0.4, 0.5) is 0 Å². The fourth-order valence-electron chi connectivity index (χ4n) is 2.06. The van der Waals surface area contributed by atoms with Gasteiger partial charge in [0, 0.05) is 5.39 Å². The first-order valence-corrected chi connectivity index (χ1v) is 7.11. The van der Waals surface area contributed by atoms with Gasteiger partial charge in [-0.25, -0.2) is 5.43 Å². The molecule has 5 heteroatoms. The van der Waals surface area contributed by atoms with Gasteiger partial charge >= 0.3 is 0 Å². The molecule has 0 bridgehead atoms. The van der Waals surface area contributed by atoms with Crippen molar-refractivity contribution >= 4 is 34.2 Å². The third-order valence-corrected chi connectivity index (χ3v) is 3.56. The second kappa shape index (κ2) is 6.03. The summed E-state index contributed by atoms with van der Waals surface area (Å²) in [6.07, 6.45) is 0. The number of furan rings is 1. The lowest BCUT2D eigenvalue weighted by Crippen LogP contribution is -2.19. The van der Waals surface area contributed by atoms with Gasteiger partial charge in [0.25, 0.3) is 5.91 Å². The van der Waals surface area contributed by atoms with Gasteiger partial charge in [-0.1, -0.05) is 41.9 Å². The van der Waals surface area contributed by atoms with Gasteiger partial charge in [-0.05, 0) is 31.2 Å². The van der Waals surface area contributed by atoms with Crippen molar-refractivity contribution in [3.05, 3.63) is 70.9 Å². The number of carbonyl (C=O) groups excluding carboxylic acids is 1. The number of hydrogen-bond donors (Lipinski definition) is 1. The predicted octanol–water partition coefficient (Wildman–Crippen LogP) is 4.24. The Balaban J connectivity index is 1.80. The van der Waals surface area contributed by atoms with Crippen molar-refractivity contribution in [1.29, 1.82) is 0 Å². The van der Waals surface area contributed by atoms with Crippen LogP contribution in [0.5, 0.6) is 0 Å². The van der Waals surface area contributed by atoms with Crippen LogP contribution >= 0.6 is 11.6 Å². The average Bonchev–Trinajstić information content (AvgIpc) is 2.97. The monoisotopic (exact) mass is 312 g/mol. The summed E-state index contributed by atoms with van der Waals surface area (Å²) in [5.41, 5.74) is 4.23. The molecule has 0 aliphatic carbocycles. The maximum atomic E-state index is 12.0. The maximum Gasteiger partial charge on any atom is 0.272 e. The summed E-state index contributed by atoms with van der Waals surface area (Å²) in [5, 5.41) is 5.45. The number of halogens is 1. The topological polar surface area (TPSA) is 54.6 Å². The van der Waals surface area contributed by atoms with Gasteiger partial charge in [0.2, 0.25) is 0 Å². The van der Waals surface area contributed by atoms with Crippen molar-refractivity contribution in [3.63, 3.8) is 0 Å². The lowest BCUT2D eigenvalue weighted by atomic mass is 10.2. The Morgan fingerprint density at radius 1 is 1.14 bits per heavy atom. The summed E-state index contributed by atoms with van der Waals surface area (Å²) in [6, 6.07) is 16.4. The van der Waals surface area contributed by atoms with E-state index in [4.69, 9.17) is 16.0 Å². The second-order valence-corrected chi connectivity index (χ2v) is 5.17. The molecule has 22 heavy (non-hydrogen) atoms. The Morgan fingerprint density at radius 2 is 1.86 bits per heavy atom. The van der Waals surface area contributed by atoms with Gasteiger partial charge in [0.15, 0.2) is 5.76 Å². The van der Waals surface area contributed by atoms with E-state index in [-0.39, 0.29) is 5.91 Å². The van der Waals surface area contributed by atoms with Gasteiger partial charge in [-0.15, -0.1) is 0 Å². The Morgan fingerprint density at radius 3 is 2.64 bits per heavy atom. The van der Waals surface area contributed by atoms with E-state index in [0.717, 1.165) is 11.0 Å². The number of hydrogen-bond acceptors (Lipinski definition) is 3. The number of benzene rings is 2. The minimum atomic E-state index is -0.360. The molecule has 1 amide bonds. The minimum Gasteiger partial charge on any atom is -0.455 e. The van der Waals surface area contributed by atoms with Crippen LogP contribution in [0.1, 0.15) is 23.0 Å². The van der Waals surface area contributed by atoms with Crippen molar-refractivity contribution in [2.45, 2.75) is 6.92 Å². The molecule has 0 unspecified atom stereocenters. The van der Waals surface area contributed by atoms with E-state index < -0.39 is 0 Å². The van der Waals surface area contributed by atoms with Crippen molar-refractivity contribution in [3.8, 4) is 0 Å². The van der Waals surface area contributed by atoms with Crippen LogP contribution in [-0.2, 0) is 0 Å². The van der Waals surface area contributed by atoms with Gasteiger partial charge in [0.1, 0.15) is 11.3 Å². The molecule has 4 nitrogen and oxygen atoms in total. The number of amides is 1. The molecule has 110 valence electrons. The maximum absolute atomic E-state index is 12.0. The highest BCUT2D eigenvalue weighted by atomic mass is 35.5. The third kappa shape index (κ3) is 2.87. The first kappa shape index (κ1) is 14.4. The quantitative estimate of drug-likeness (QED) is 0.581. The van der Waals surface area contributed by atoms with Crippen LogP contribution in [0.15, 0.2) is 64.1 Å². The molecule has 0 fully saturated rings.